The zero-order valence-corrected chi connectivity index (χ0v) is 18.7. The highest BCUT2D eigenvalue weighted by atomic mass is 16.5. The lowest BCUT2D eigenvalue weighted by atomic mass is 10.1. The van der Waals surface area contributed by atoms with Gasteiger partial charge in [0.15, 0.2) is 17.5 Å². The summed E-state index contributed by atoms with van der Waals surface area (Å²) in [6.07, 6.45) is 0.767. The number of methoxy groups -OCH3 is 3. The summed E-state index contributed by atoms with van der Waals surface area (Å²) in [6.45, 7) is 4.39. The zero-order chi connectivity index (χ0) is 22.5. The summed E-state index contributed by atoms with van der Waals surface area (Å²) < 4.78 is 15.8. The van der Waals surface area contributed by atoms with Gasteiger partial charge in [0.1, 0.15) is 5.75 Å². The maximum atomic E-state index is 12.3. The summed E-state index contributed by atoms with van der Waals surface area (Å²) in [5, 5.41) is 9.33. The van der Waals surface area contributed by atoms with Gasteiger partial charge in [-0.15, -0.1) is 0 Å². The number of aliphatic imine (C=N–C) groups is 1. The Morgan fingerprint density at radius 2 is 1.68 bits per heavy atom. The average molecular weight is 429 g/mol. The van der Waals surface area contributed by atoms with Crippen LogP contribution < -0.4 is 30.2 Å². The monoisotopic (exact) mass is 428 g/mol. The highest BCUT2D eigenvalue weighted by Gasteiger charge is 2.07. The minimum absolute atomic E-state index is 0.143. The Labute approximate surface area is 184 Å². The van der Waals surface area contributed by atoms with Crippen molar-refractivity contribution in [3.8, 4) is 17.2 Å². The number of hydrogen-bond acceptors (Lipinski definition) is 5. The second-order valence-corrected chi connectivity index (χ2v) is 6.61. The average Bonchev–Trinajstić information content (AvgIpc) is 2.81. The van der Waals surface area contributed by atoms with Crippen LogP contribution in [0.25, 0.3) is 0 Å². The molecule has 3 N–H and O–H groups in total. The van der Waals surface area contributed by atoms with E-state index in [0.29, 0.717) is 48.4 Å². The topological polar surface area (TPSA) is 93.2 Å². The third-order valence-electron chi connectivity index (χ3n) is 4.50. The molecule has 0 atom stereocenters. The fourth-order valence-electron chi connectivity index (χ4n) is 2.90. The quantitative estimate of drug-likeness (QED) is 0.289. The molecule has 0 aliphatic heterocycles. The number of nitrogens with one attached hydrogen (secondary N) is 3. The molecule has 0 bridgehead atoms. The van der Waals surface area contributed by atoms with Gasteiger partial charge in [0.2, 0.25) is 0 Å². The molecule has 2 aromatic rings. The third kappa shape index (κ3) is 7.73. The van der Waals surface area contributed by atoms with Crippen molar-refractivity contribution in [1.29, 1.82) is 0 Å². The summed E-state index contributed by atoms with van der Waals surface area (Å²) in [5.74, 6) is 2.64. The molecule has 0 fully saturated rings. The fourth-order valence-corrected chi connectivity index (χ4v) is 2.90. The molecule has 0 aliphatic carbocycles. The zero-order valence-electron chi connectivity index (χ0n) is 18.7. The molecule has 0 saturated heterocycles. The maximum absolute atomic E-state index is 12.3. The summed E-state index contributed by atoms with van der Waals surface area (Å²) in [7, 11) is 4.82. The Kier molecular flexibility index (Phi) is 10.0. The van der Waals surface area contributed by atoms with E-state index < -0.39 is 0 Å². The molecule has 31 heavy (non-hydrogen) atoms. The van der Waals surface area contributed by atoms with Crippen LogP contribution >= 0.6 is 0 Å². The molecule has 168 valence electrons. The number of amides is 1. The van der Waals surface area contributed by atoms with Crippen LogP contribution in [0.5, 0.6) is 17.2 Å². The van der Waals surface area contributed by atoms with Crippen molar-refractivity contribution in [2.75, 3.05) is 47.5 Å². The molecule has 2 rings (SSSR count). The van der Waals surface area contributed by atoms with Gasteiger partial charge in [-0.1, -0.05) is 12.1 Å². The van der Waals surface area contributed by atoms with Crippen LogP contribution in [0.2, 0.25) is 0 Å². The Morgan fingerprint density at radius 3 is 2.39 bits per heavy atom. The molecule has 0 radical (unpaired) electrons. The third-order valence-corrected chi connectivity index (χ3v) is 4.50. The lowest BCUT2D eigenvalue weighted by Gasteiger charge is -2.12. The first-order chi connectivity index (χ1) is 15.1. The molecule has 0 unspecified atom stereocenters. The summed E-state index contributed by atoms with van der Waals surface area (Å²) in [5.41, 5.74) is 1.68. The molecule has 0 aromatic heterocycles. The van der Waals surface area contributed by atoms with Crippen LogP contribution in [0.15, 0.2) is 47.5 Å². The first-order valence-corrected chi connectivity index (χ1v) is 10.3. The Morgan fingerprint density at radius 1 is 0.903 bits per heavy atom. The Balaban J connectivity index is 1.81. The van der Waals surface area contributed by atoms with E-state index in [2.05, 4.69) is 20.9 Å². The van der Waals surface area contributed by atoms with Crippen LogP contribution in [-0.2, 0) is 6.42 Å². The van der Waals surface area contributed by atoms with E-state index in [0.717, 1.165) is 18.5 Å². The largest absolute Gasteiger partial charge is 0.497 e. The second-order valence-electron chi connectivity index (χ2n) is 6.61. The molecule has 0 spiro atoms. The number of benzene rings is 2. The maximum Gasteiger partial charge on any atom is 0.251 e. The summed E-state index contributed by atoms with van der Waals surface area (Å²) in [4.78, 5) is 16.8. The van der Waals surface area contributed by atoms with Gasteiger partial charge in [0.05, 0.1) is 21.3 Å². The van der Waals surface area contributed by atoms with Crippen molar-refractivity contribution in [3.63, 3.8) is 0 Å². The van der Waals surface area contributed by atoms with Gasteiger partial charge in [-0.05, 0) is 49.2 Å². The molecule has 0 heterocycles. The smallest absolute Gasteiger partial charge is 0.251 e. The van der Waals surface area contributed by atoms with Crippen LogP contribution in [-0.4, -0.2) is 59.4 Å². The van der Waals surface area contributed by atoms with E-state index in [1.54, 1.807) is 45.6 Å². The highest BCUT2D eigenvalue weighted by Crippen LogP contribution is 2.27. The standard InChI is InChI=1S/C23H32N4O4/c1-5-24-23(26-12-11-17-9-10-20(30-3)21(15-17)31-4)27-14-13-25-22(28)18-7-6-8-19(16-18)29-2/h6-10,15-16H,5,11-14H2,1-4H3,(H,25,28)(H2,24,26,27). The minimum Gasteiger partial charge on any atom is -0.497 e. The number of guanidine groups is 1. The number of hydrogen-bond donors (Lipinski definition) is 3. The lowest BCUT2D eigenvalue weighted by molar-refractivity contribution is 0.0954. The lowest BCUT2D eigenvalue weighted by Crippen LogP contribution is -2.41. The predicted molar refractivity (Wildman–Crippen MR) is 123 cm³/mol. The number of ether oxygens (including phenoxy) is 3. The predicted octanol–water partition coefficient (Wildman–Crippen LogP) is 2.24. The van der Waals surface area contributed by atoms with Crippen LogP contribution in [0.1, 0.15) is 22.8 Å². The van der Waals surface area contributed by atoms with E-state index in [4.69, 9.17) is 14.2 Å². The second kappa shape index (κ2) is 13.0. The molecule has 1 amide bonds. The van der Waals surface area contributed by atoms with E-state index in [9.17, 15) is 4.79 Å². The van der Waals surface area contributed by atoms with Gasteiger partial charge in [0.25, 0.3) is 5.91 Å². The minimum atomic E-state index is -0.143. The molecule has 0 saturated carbocycles. The van der Waals surface area contributed by atoms with E-state index in [1.807, 2.05) is 25.1 Å². The van der Waals surface area contributed by atoms with Crippen LogP contribution in [0, 0.1) is 0 Å². The number of carbonyl (C=O) groups excluding carboxylic acids is 1. The van der Waals surface area contributed by atoms with Gasteiger partial charge in [-0.25, -0.2) is 0 Å². The first-order valence-electron chi connectivity index (χ1n) is 10.3. The van der Waals surface area contributed by atoms with Crippen molar-refractivity contribution in [1.82, 2.24) is 16.0 Å². The first kappa shape index (κ1) is 23.9. The molecule has 8 heteroatoms. The van der Waals surface area contributed by atoms with Crippen molar-refractivity contribution < 1.29 is 19.0 Å². The normalized spacial score (nSPS) is 10.9. The molecular weight excluding hydrogens is 396 g/mol. The number of carbonyl (C=O) groups is 1. The van der Waals surface area contributed by atoms with Gasteiger partial charge in [0, 0.05) is 31.7 Å². The van der Waals surface area contributed by atoms with E-state index in [-0.39, 0.29) is 5.91 Å². The summed E-state index contributed by atoms with van der Waals surface area (Å²) >= 11 is 0. The van der Waals surface area contributed by atoms with Crippen molar-refractivity contribution in [2.24, 2.45) is 4.99 Å². The van der Waals surface area contributed by atoms with Gasteiger partial charge < -0.3 is 30.2 Å². The molecule has 8 nitrogen and oxygen atoms in total. The molecular formula is C23H32N4O4. The fraction of sp³-hybridized carbons (Fsp3) is 0.391. The summed E-state index contributed by atoms with van der Waals surface area (Å²) in [6, 6.07) is 12.9. The SMILES string of the molecule is CCNC(=NCCc1ccc(OC)c(OC)c1)NCCNC(=O)c1cccc(OC)c1. The van der Waals surface area contributed by atoms with E-state index >= 15 is 0 Å². The van der Waals surface area contributed by atoms with Crippen molar-refractivity contribution in [2.45, 2.75) is 13.3 Å². The Bertz CT molecular complexity index is 870. The van der Waals surface area contributed by atoms with Crippen molar-refractivity contribution in [3.05, 3.63) is 53.6 Å². The van der Waals surface area contributed by atoms with Crippen LogP contribution in [0.4, 0.5) is 0 Å². The van der Waals surface area contributed by atoms with Gasteiger partial charge >= 0.3 is 0 Å². The molecule has 2 aromatic carbocycles. The molecule has 0 aliphatic rings. The van der Waals surface area contributed by atoms with E-state index in [1.165, 1.54) is 0 Å². The van der Waals surface area contributed by atoms with Gasteiger partial charge in [-0.3, -0.25) is 9.79 Å². The Hall–Kier alpha value is -3.42. The number of rotatable bonds is 11. The van der Waals surface area contributed by atoms with Crippen molar-refractivity contribution >= 4 is 11.9 Å². The highest BCUT2D eigenvalue weighted by molar-refractivity contribution is 5.94. The number of nitrogens with zero attached hydrogens (tertiary/aromatic N) is 1. The van der Waals surface area contributed by atoms with Gasteiger partial charge in [-0.2, -0.15) is 0 Å². The van der Waals surface area contributed by atoms with Crippen LogP contribution in [0.3, 0.4) is 0 Å².